The number of aromatic nitrogens is 1. The van der Waals surface area contributed by atoms with Gasteiger partial charge >= 0.3 is 0 Å². The number of nitrogens with zero attached hydrogens (tertiary/aromatic N) is 2. The highest BCUT2D eigenvalue weighted by Gasteiger charge is 2.31. The number of piperazine rings is 1. The van der Waals surface area contributed by atoms with Gasteiger partial charge in [0.15, 0.2) is 11.5 Å². The SMILES string of the molecule is CCc1cccc2c([C@H](CC(=O)N3CCN(c4ccccc4F)CC3)c3cccc4c3OCO4)c[nH]c12. The van der Waals surface area contributed by atoms with E-state index in [1.165, 1.54) is 11.6 Å². The predicted octanol–water partition coefficient (Wildman–Crippen LogP) is 5.47. The fourth-order valence-corrected chi connectivity index (χ4v) is 5.65. The Morgan fingerprint density at radius 3 is 2.59 bits per heavy atom. The van der Waals surface area contributed by atoms with E-state index >= 15 is 0 Å². The molecule has 2 aliphatic heterocycles. The molecule has 0 bridgehead atoms. The molecule has 1 fully saturated rings. The molecule has 1 amide bonds. The van der Waals surface area contributed by atoms with Gasteiger partial charge in [-0.3, -0.25) is 4.79 Å². The van der Waals surface area contributed by atoms with Gasteiger partial charge in [0.2, 0.25) is 12.7 Å². The van der Waals surface area contributed by atoms with Crippen LogP contribution in [-0.4, -0.2) is 48.8 Å². The topological polar surface area (TPSA) is 57.8 Å². The Labute approximate surface area is 215 Å². The highest BCUT2D eigenvalue weighted by molar-refractivity contribution is 5.88. The van der Waals surface area contributed by atoms with Gasteiger partial charge in [-0.2, -0.15) is 0 Å². The van der Waals surface area contributed by atoms with E-state index < -0.39 is 0 Å². The summed E-state index contributed by atoms with van der Waals surface area (Å²) in [6, 6.07) is 19.0. The standard InChI is InChI=1S/C30H30FN3O3/c1-2-20-7-5-8-21-24(18-32-29(20)21)23(22-9-6-12-27-30(22)37-19-36-27)17-28(35)34-15-13-33(14-16-34)26-11-4-3-10-25(26)31/h3-12,18,23,32H,2,13-17,19H2,1H3/t23-/m1/s1. The van der Waals surface area contributed by atoms with E-state index in [-0.39, 0.29) is 24.4 Å². The summed E-state index contributed by atoms with van der Waals surface area (Å²) in [6.07, 6.45) is 3.26. The van der Waals surface area contributed by atoms with Crippen LogP contribution < -0.4 is 14.4 Å². The summed E-state index contributed by atoms with van der Waals surface area (Å²) in [5.74, 6) is 1.08. The van der Waals surface area contributed by atoms with Crippen molar-refractivity contribution >= 4 is 22.5 Å². The van der Waals surface area contributed by atoms with Crippen molar-refractivity contribution in [2.75, 3.05) is 37.9 Å². The summed E-state index contributed by atoms with van der Waals surface area (Å²) in [7, 11) is 0. The monoisotopic (exact) mass is 499 g/mol. The number of hydrogen-bond donors (Lipinski definition) is 1. The van der Waals surface area contributed by atoms with Gasteiger partial charge in [-0.25, -0.2) is 4.39 Å². The van der Waals surface area contributed by atoms with Gasteiger partial charge in [0.25, 0.3) is 0 Å². The third-order valence-corrected chi connectivity index (χ3v) is 7.60. The number of halogens is 1. The van der Waals surface area contributed by atoms with Crippen molar-refractivity contribution in [3.63, 3.8) is 0 Å². The molecule has 0 aliphatic carbocycles. The maximum atomic E-state index is 14.3. The summed E-state index contributed by atoms with van der Waals surface area (Å²) < 4.78 is 25.8. The lowest BCUT2D eigenvalue weighted by Gasteiger charge is -2.36. The number of H-pyrrole nitrogens is 1. The predicted molar refractivity (Wildman–Crippen MR) is 142 cm³/mol. The number of para-hydroxylation sites is 3. The number of benzene rings is 3. The molecule has 7 heteroatoms. The molecule has 1 saturated heterocycles. The zero-order chi connectivity index (χ0) is 25.4. The zero-order valence-electron chi connectivity index (χ0n) is 20.9. The number of carbonyl (C=O) groups excluding carboxylic acids is 1. The van der Waals surface area contributed by atoms with Gasteiger partial charge in [-0.1, -0.05) is 49.4 Å². The van der Waals surface area contributed by atoms with Crippen molar-refractivity contribution in [2.24, 2.45) is 0 Å². The Morgan fingerprint density at radius 1 is 0.973 bits per heavy atom. The molecular formula is C30H30FN3O3. The fraction of sp³-hybridized carbons (Fsp3) is 0.300. The summed E-state index contributed by atoms with van der Waals surface area (Å²) in [4.78, 5) is 21.1. The van der Waals surface area contributed by atoms with Crippen LogP contribution in [0.2, 0.25) is 0 Å². The van der Waals surface area contributed by atoms with E-state index in [2.05, 4.69) is 30.1 Å². The molecule has 190 valence electrons. The third kappa shape index (κ3) is 4.28. The van der Waals surface area contributed by atoms with Gasteiger partial charge in [-0.05, 0) is 35.7 Å². The molecule has 6 rings (SSSR count). The second-order valence-corrected chi connectivity index (χ2v) is 9.59. The van der Waals surface area contributed by atoms with Crippen LogP contribution in [0.1, 0.15) is 36.0 Å². The number of anilines is 1. The van der Waals surface area contributed by atoms with Crippen LogP contribution in [0, 0.1) is 5.82 Å². The molecule has 6 nitrogen and oxygen atoms in total. The zero-order valence-corrected chi connectivity index (χ0v) is 20.9. The van der Waals surface area contributed by atoms with Crippen LogP contribution in [0.5, 0.6) is 11.5 Å². The van der Waals surface area contributed by atoms with Gasteiger partial charge in [0.05, 0.1) is 5.69 Å². The molecule has 1 N–H and O–H groups in total. The van der Waals surface area contributed by atoms with Gasteiger partial charge < -0.3 is 24.3 Å². The maximum absolute atomic E-state index is 14.3. The second kappa shape index (κ2) is 9.81. The van der Waals surface area contributed by atoms with Crippen molar-refractivity contribution < 1.29 is 18.7 Å². The van der Waals surface area contributed by atoms with E-state index in [0.717, 1.165) is 28.5 Å². The number of carbonyl (C=O) groups is 1. The summed E-state index contributed by atoms with van der Waals surface area (Å²) in [5, 5.41) is 1.12. The Balaban J connectivity index is 1.29. The number of aromatic amines is 1. The minimum Gasteiger partial charge on any atom is -0.454 e. The normalized spacial score (nSPS) is 15.8. The number of nitrogens with one attached hydrogen (secondary N) is 1. The average molecular weight is 500 g/mol. The Morgan fingerprint density at radius 2 is 1.78 bits per heavy atom. The van der Waals surface area contributed by atoms with Crippen molar-refractivity contribution in [3.8, 4) is 11.5 Å². The summed E-state index contributed by atoms with van der Waals surface area (Å²) in [6.45, 7) is 4.63. The molecule has 3 heterocycles. The number of aryl methyl sites for hydroxylation is 1. The lowest BCUT2D eigenvalue weighted by molar-refractivity contribution is -0.131. The number of amides is 1. The van der Waals surface area contributed by atoms with Crippen molar-refractivity contribution in [3.05, 3.63) is 89.4 Å². The van der Waals surface area contributed by atoms with Crippen LogP contribution >= 0.6 is 0 Å². The molecule has 1 atom stereocenters. The quantitative estimate of drug-likeness (QED) is 0.382. The molecule has 3 aromatic carbocycles. The Hall–Kier alpha value is -4.00. The minimum atomic E-state index is -0.228. The highest BCUT2D eigenvalue weighted by atomic mass is 19.1. The first-order chi connectivity index (χ1) is 18.1. The molecule has 0 spiro atoms. The molecule has 4 aromatic rings. The second-order valence-electron chi connectivity index (χ2n) is 9.59. The minimum absolute atomic E-state index is 0.0794. The molecule has 0 radical (unpaired) electrons. The Bertz CT molecular complexity index is 1440. The summed E-state index contributed by atoms with van der Waals surface area (Å²) >= 11 is 0. The number of rotatable bonds is 6. The number of hydrogen-bond acceptors (Lipinski definition) is 4. The first-order valence-corrected chi connectivity index (χ1v) is 12.9. The Kier molecular flexibility index (Phi) is 6.20. The number of ether oxygens (including phenoxy) is 2. The highest BCUT2D eigenvalue weighted by Crippen LogP contribution is 2.44. The molecule has 1 aromatic heterocycles. The van der Waals surface area contributed by atoms with Gasteiger partial charge in [0.1, 0.15) is 5.82 Å². The van der Waals surface area contributed by atoms with Crippen LogP contribution in [0.15, 0.2) is 66.9 Å². The molecular weight excluding hydrogens is 469 g/mol. The van der Waals surface area contributed by atoms with Crippen LogP contribution in [0.25, 0.3) is 10.9 Å². The molecule has 0 unspecified atom stereocenters. The first-order valence-electron chi connectivity index (χ1n) is 12.9. The maximum Gasteiger partial charge on any atom is 0.231 e. The van der Waals surface area contributed by atoms with E-state index in [1.807, 2.05) is 40.3 Å². The third-order valence-electron chi connectivity index (χ3n) is 7.60. The molecule has 37 heavy (non-hydrogen) atoms. The van der Waals surface area contributed by atoms with Crippen molar-refractivity contribution in [2.45, 2.75) is 25.7 Å². The van der Waals surface area contributed by atoms with Crippen LogP contribution in [0.4, 0.5) is 10.1 Å². The van der Waals surface area contributed by atoms with E-state index in [9.17, 15) is 9.18 Å². The fourth-order valence-electron chi connectivity index (χ4n) is 5.65. The first kappa shape index (κ1) is 23.4. The number of fused-ring (bicyclic) bond motifs is 2. The lowest BCUT2D eigenvalue weighted by atomic mass is 9.86. The smallest absolute Gasteiger partial charge is 0.231 e. The van der Waals surface area contributed by atoms with Crippen molar-refractivity contribution in [1.82, 2.24) is 9.88 Å². The van der Waals surface area contributed by atoms with Crippen LogP contribution in [-0.2, 0) is 11.2 Å². The van der Waals surface area contributed by atoms with E-state index in [1.54, 1.807) is 12.1 Å². The lowest BCUT2D eigenvalue weighted by Crippen LogP contribution is -2.49. The largest absolute Gasteiger partial charge is 0.454 e. The summed E-state index contributed by atoms with van der Waals surface area (Å²) in [5.41, 5.74) is 4.98. The molecule has 0 saturated carbocycles. The van der Waals surface area contributed by atoms with Crippen molar-refractivity contribution in [1.29, 1.82) is 0 Å². The van der Waals surface area contributed by atoms with Gasteiger partial charge in [-0.15, -0.1) is 0 Å². The van der Waals surface area contributed by atoms with Crippen LogP contribution in [0.3, 0.4) is 0 Å². The van der Waals surface area contributed by atoms with Gasteiger partial charge in [0, 0.05) is 61.2 Å². The molecule has 2 aliphatic rings. The van der Waals surface area contributed by atoms with E-state index in [4.69, 9.17) is 9.47 Å². The van der Waals surface area contributed by atoms with E-state index in [0.29, 0.717) is 49.8 Å². The average Bonchev–Trinajstić information content (AvgIpc) is 3.59.